The summed E-state index contributed by atoms with van der Waals surface area (Å²) in [4.78, 5) is 1.44. The van der Waals surface area contributed by atoms with Gasteiger partial charge in [-0.3, -0.25) is 0 Å². The molecule has 0 amide bonds. The number of sulfonamides is 2. The van der Waals surface area contributed by atoms with Gasteiger partial charge in [0.1, 0.15) is 5.75 Å². The van der Waals surface area contributed by atoms with Crippen LogP contribution in [0.2, 0.25) is 0 Å². The van der Waals surface area contributed by atoms with Crippen LogP contribution in [0.1, 0.15) is 11.6 Å². The second kappa shape index (κ2) is 8.36. The summed E-state index contributed by atoms with van der Waals surface area (Å²) < 4.78 is 55.9. The van der Waals surface area contributed by atoms with Crippen molar-refractivity contribution in [3.05, 3.63) is 54.1 Å². The Labute approximate surface area is 160 Å². The number of primary sulfonamides is 1. The number of rotatable bonds is 8. The third-order valence-electron chi connectivity index (χ3n) is 4.01. The third-order valence-corrected chi connectivity index (χ3v) is 6.35. The normalized spacial score (nSPS) is 13.5. The van der Waals surface area contributed by atoms with Crippen molar-refractivity contribution >= 4 is 20.0 Å². The smallest absolute Gasteiger partial charge is 0.240 e. The minimum atomic E-state index is -4.00. The van der Waals surface area contributed by atoms with Crippen molar-refractivity contribution in [2.45, 2.75) is 15.8 Å². The lowest BCUT2D eigenvalue weighted by Gasteiger charge is -2.25. The largest absolute Gasteiger partial charge is 0.497 e. The van der Waals surface area contributed by atoms with Crippen molar-refractivity contribution in [2.75, 3.05) is 27.7 Å². The molecule has 10 heteroatoms. The van der Waals surface area contributed by atoms with Crippen LogP contribution >= 0.6 is 0 Å². The Kier molecular flexibility index (Phi) is 6.60. The van der Waals surface area contributed by atoms with Crippen molar-refractivity contribution in [1.29, 1.82) is 0 Å². The molecule has 0 heterocycles. The molecule has 2 aromatic rings. The van der Waals surface area contributed by atoms with E-state index in [4.69, 9.17) is 9.88 Å². The predicted molar refractivity (Wildman–Crippen MR) is 102 cm³/mol. The van der Waals surface area contributed by atoms with Crippen molar-refractivity contribution in [1.82, 2.24) is 9.62 Å². The Hall–Kier alpha value is -1.98. The highest BCUT2D eigenvalue weighted by atomic mass is 32.2. The Balaban J connectivity index is 2.26. The molecule has 0 radical (unpaired) electrons. The zero-order valence-corrected chi connectivity index (χ0v) is 16.9. The summed E-state index contributed by atoms with van der Waals surface area (Å²) in [5.74, 6) is 0.670. The number of nitrogens with zero attached hydrogens (tertiary/aromatic N) is 1. The first kappa shape index (κ1) is 21.3. The van der Waals surface area contributed by atoms with Gasteiger partial charge in [0.05, 0.1) is 16.9 Å². The van der Waals surface area contributed by atoms with E-state index in [0.29, 0.717) is 5.75 Å². The zero-order valence-electron chi connectivity index (χ0n) is 15.3. The summed E-state index contributed by atoms with van der Waals surface area (Å²) in [6.45, 7) is 0.0854. The average Bonchev–Trinajstić information content (AvgIpc) is 2.61. The van der Waals surface area contributed by atoms with E-state index in [1.807, 2.05) is 37.2 Å². The summed E-state index contributed by atoms with van der Waals surface area (Å²) in [6.07, 6.45) is 0. The molecule has 2 rings (SSSR count). The van der Waals surface area contributed by atoms with Gasteiger partial charge in [-0.15, -0.1) is 0 Å². The molecule has 0 spiro atoms. The number of benzene rings is 2. The summed E-state index contributed by atoms with van der Waals surface area (Å²) in [5.41, 5.74) is 0.875. The van der Waals surface area contributed by atoms with Crippen molar-refractivity contribution in [3.8, 4) is 5.75 Å². The van der Waals surface area contributed by atoms with Gasteiger partial charge in [-0.05, 0) is 50.0 Å². The van der Waals surface area contributed by atoms with E-state index >= 15 is 0 Å². The molecule has 0 bridgehead atoms. The van der Waals surface area contributed by atoms with Crippen LogP contribution in [0.5, 0.6) is 5.75 Å². The fraction of sp³-hybridized carbons (Fsp3) is 0.294. The highest BCUT2D eigenvalue weighted by Gasteiger charge is 2.21. The molecule has 0 aromatic heterocycles. The highest BCUT2D eigenvalue weighted by molar-refractivity contribution is 7.90. The molecule has 1 atom stereocenters. The minimum absolute atomic E-state index is 0.0854. The predicted octanol–water partition coefficient (Wildman–Crippen LogP) is 0.924. The third kappa shape index (κ3) is 5.50. The lowest BCUT2D eigenvalue weighted by atomic mass is 10.1. The molecule has 0 fully saturated rings. The van der Waals surface area contributed by atoms with Crippen molar-refractivity contribution < 1.29 is 21.6 Å². The molecule has 1 unspecified atom stereocenters. The van der Waals surface area contributed by atoms with Crippen LogP contribution in [0, 0.1) is 0 Å². The van der Waals surface area contributed by atoms with Crippen LogP contribution in [-0.2, 0) is 20.0 Å². The maximum absolute atomic E-state index is 12.6. The van der Waals surface area contributed by atoms with Crippen LogP contribution in [0.4, 0.5) is 0 Å². The molecule has 0 aliphatic rings. The molecule has 8 nitrogen and oxygen atoms in total. The molecular weight excluding hydrogens is 390 g/mol. The first-order valence-electron chi connectivity index (χ1n) is 7.97. The highest BCUT2D eigenvalue weighted by Crippen LogP contribution is 2.23. The molecule has 0 saturated heterocycles. The van der Waals surface area contributed by atoms with Crippen LogP contribution in [-0.4, -0.2) is 49.5 Å². The van der Waals surface area contributed by atoms with Gasteiger partial charge in [0, 0.05) is 12.6 Å². The molecule has 0 aliphatic carbocycles. The number of likely N-dealkylation sites (N-methyl/N-ethyl adjacent to an activating group) is 1. The van der Waals surface area contributed by atoms with Gasteiger partial charge >= 0.3 is 0 Å². The number of nitrogens with one attached hydrogen (secondary N) is 1. The van der Waals surface area contributed by atoms with Gasteiger partial charge in [0.25, 0.3) is 0 Å². The average molecular weight is 414 g/mol. The maximum Gasteiger partial charge on any atom is 0.240 e. The van der Waals surface area contributed by atoms with E-state index in [1.165, 1.54) is 18.2 Å². The number of hydrogen-bond donors (Lipinski definition) is 2. The van der Waals surface area contributed by atoms with Crippen LogP contribution < -0.4 is 14.6 Å². The van der Waals surface area contributed by atoms with Crippen LogP contribution in [0.25, 0.3) is 0 Å². The second-order valence-corrected chi connectivity index (χ2v) is 9.46. The number of methoxy groups -OCH3 is 1. The monoisotopic (exact) mass is 413 g/mol. The zero-order chi connectivity index (χ0) is 20.2. The summed E-state index contributed by atoms with van der Waals surface area (Å²) >= 11 is 0. The first-order valence-corrected chi connectivity index (χ1v) is 11.0. The Morgan fingerprint density at radius 1 is 1.04 bits per heavy atom. The molecule has 2 aromatic carbocycles. The number of nitrogens with two attached hydrogens (primary N) is 1. The summed E-state index contributed by atoms with van der Waals surface area (Å²) in [7, 11) is -2.69. The SMILES string of the molecule is COc1cccc(C(CNS(=O)(=O)c2cccc(S(N)(=O)=O)c2)N(C)C)c1. The number of hydrogen-bond acceptors (Lipinski definition) is 6. The number of ether oxygens (including phenoxy) is 1. The van der Waals surface area contributed by atoms with Crippen molar-refractivity contribution in [2.24, 2.45) is 5.14 Å². The fourth-order valence-electron chi connectivity index (χ4n) is 2.54. The standard InChI is InChI=1S/C17H23N3O5S2/c1-20(2)17(13-6-4-7-14(10-13)25-3)12-19-27(23,24)16-9-5-8-15(11-16)26(18,21)22/h4-11,17,19H,12H2,1-3H3,(H2,18,21,22). The van der Waals surface area contributed by atoms with E-state index in [1.54, 1.807) is 13.2 Å². The molecule has 3 N–H and O–H groups in total. The Bertz CT molecular complexity index is 1000. The Morgan fingerprint density at radius 3 is 2.26 bits per heavy atom. The van der Waals surface area contributed by atoms with E-state index in [2.05, 4.69) is 4.72 Å². The summed E-state index contributed by atoms with van der Waals surface area (Å²) in [6, 6.07) is 12.0. The van der Waals surface area contributed by atoms with Gasteiger partial charge < -0.3 is 9.64 Å². The van der Waals surface area contributed by atoms with Crippen molar-refractivity contribution in [3.63, 3.8) is 0 Å². The first-order chi connectivity index (χ1) is 12.5. The fourth-order valence-corrected chi connectivity index (χ4v) is 4.26. The molecule has 0 saturated carbocycles. The van der Waals surface area contributed by atoms with Gasteiger partial charge in [-0.25, -0.2) is 26.7 Å². The van der Waals surface area contributed by atoms with Crippen LogP contribution in [0.3, 0.4) is 0 Å². The quantitative estimate of drug-likeness (QED) is 0.664. The molecule has 27 heavy (non-hydrogen) atoms. The Morgan fingerprint density at radius 2 is 1.67 bits per heavy atom. The second-order valence-electron chi connectivity index (χ2n) is 6.13. The van der Waals surface area contributed by atoms with Gasteiger partial charge in [-0.2, -0.15) is 0 Å². The lowest BCUT2D eigenvalue weighted by molar-refractivity contribution is 0.298. The van der Waals surface area contributed by atoms with E-state index in [0.717, 1.165) is 11.6 Å². The van der Waals surface area contributed by atoms with E-state index in [-0.39, 0.29) is 22.4 Å². The van der Waals surface area contributed by atoms with Gasteiger partial charge in [0.15, 0.2) is 0 Å². The topological polar surface area (TPSA) is 119 Å². The molecular formula is C17H23N3O5S2. The molecule has 0 aliphatic heterocycles. The lowest BCUT2D eigenvalue weighted by Crippen LogP contribution is -2.34. The maximum atomic E-state index is 12.6. The summed E-state index contributed by atoms with van der Waals surface area (Å²) in [5, 5.41) is 5.07. The van der Waals surface area contributed by atoms with Crippen LogP contribution in [0.15, 0.2) is 58.3 Å². The minimum Gasteiger partial charge on any atom is -0.497 e. The van der Waals surface area contributed by atoms with Gasteiger partial charge in [0.2, 0.25) is 20.0 Å². The molecule has 148 valence electrons. The van der Waals surface area contributed by atoms with E-state index < -0.39 is 20.0 Å². The van der Waals surface area contributed by atoms with Gasteiger partial charge in [-0.1, -0.05) is 18.2 Å². The van der Waals surface area contributed by atoms with E-state index in [9.17, 15) is 16.8 Å².